The molecule has 19 heavy (non-hydrogen) atoms. The van der Waals surface area contributed by atoms with E-state index >= 15 is 0 Å². The summed E-state index contributed by atoms with van der Waals surface area (Å²) in [4.78, 5) is 14.3. The summed E-state index contributed by atoms with van der Waals surface area (Å²) in [6.07, 6.45) is 3.71. The molecule has 4 heteroatoms. The van der Waals surface area contributed by atoms with Gasteiger partial charge >= 0.3 is 5.97 Å². The van der Waals surface area contributed by atoms with Gasteiger partial charge in [-0.1, -0.05) is 24.1 Å². The van der Waals surface area contributed by atoms with E-state index in [4.69, 9.17) is 16.3 Å². The zero-order chi connectivity index (χ0) is 13.7. The Morgan fingerprint density at radius 2 is 2.11 bits per heavy atom. The molecule has 1 heterocycles. The van der Waals surface area contributed by atoms with Crippen LogP contribution in [0.15, 0.2) is 24.3 Å². The number of halogens is 1. The number of nitrogens with zero attached hydrogens (tertiary/aromatic N) is 1. The number of carbonyl (C=O) groups excluding carboxylic acids is 1. The average molecular weight is 282 g/mol. The molecule has 1 aliphatic rings. The molecule has 0 aromatic heterocycles. The summed E-state index contributed by atoms with van der Waals surface area (Å²) in [6, 6.07) is 6.86. The third-order valence-electron chi connectivity index (χ3n) is 3.33. The van der Waals surface area contributed by atoms with Crippen molar-refractivity contribution in [2.24, 2.45) is 0 Å². The molecule has 0 saturated carbocycles. The summed E-state index contributed by atoms with van der Waals surface area (Å²) in [5.74, 6) is -0.299. The zero-order valence-corrected chi connectivity index (χ0v) is 12.0. The Hall–Kier alpha value is -1.06. The second-order valence-electron chi connectivity index (χ2n) is 5.09. The monoisotopic (exact) mass is 281 g/mol. The molecule has 3 nitrogen and oxygen atoms in total. The molecule has 1 aromatic rings. The van der Waals surface area contributed by atoms with Crippen LogP contribution in [0.5, 0.6) is 0 Å². The fourth-order valence-corrected chi connectivity index (χ4v) is 2.60. The highest BCUT2D eigenvalue weighted by Crippen LogP contribution is 2.14. The van der Waals surface area contributed by atoms with Gasteiger partial charge in [0.2, 0.25) is 0 Å². The second-order valence-corrected chi connectivity index (χ2v) is 5.52. The first-order valence-electron chi connectivity index (χ1n) is 6.84. The molecule has 1 atom stereocenters. The van der Waals surface area contributed by atoms with Crippen LogP contribution in [0.2, 0.25) is 5.02 Å². The van der Waals surface area contributed by atoms with Gasteiger partial charge in [-0.25, -0.2) is 4.79 Å². The summed E-state index contributed by atoms with van der Waals surface area (Å²) >= 11 is 5.87. The number of hydrogen-bond donors (Lipinski definition) is 0. The van der Waals surface area contributed by atoms with Crippen LogP contribution in [0.3, 0.4) is 0 Å². The highest BCUT2D eigenvalue weighted by molar-refractivity contribution is 6.30. The summed E-state index contributed by atoms with van der Waals surface area (Å²) < 4.78 is 5.45. The Balaban J connectivity index is 1.84. The van der Waals surface area contributed by atoms with E-state index in [2.05, 4.69) is 4.90 Å². The molecule has 0 aliphatic carbocycles. The van der Waals surface area contributed by atoms with E-state index in [1.165, 1.54) is 19.3 Å². The van der Waals surface area contributed by atoms with E-state index in [-0.39, 0.29) is 12.1 Å². The lowest BCUT2D eigenvalue weighted by Gasteiger charge is -2.28. The van der Waals surface area contributed by atoms with Crippen LogP contribution >= 0.6 is 11.6 Å². The van der Waals surface area contributed by atoms with E-state index in [9.17, 15) is 4.79 Å². The maximum Gasteiger partial charge on any atom is 0.338 e. The third kappa shape index (κ3) is 4.51. The van der Waals surface area contributed by atoms with Crippen molar-refractivity contribution in [1.29, 1.82) is 0 Å². The minimum atomic E-state index is -0.299. The minimum Gasteiger partial charge on any atom is -0.458 e. The van der Waals surface area contributed by atoms with Crippen molar-refractivity contribution in [3.8, 4) is 0 Å². The fraction of sp³-hybridized carbons (Fsp3) is 0.533. The van der Waals surface area contributed by atoms with Gasteiger partial charge in [0.1, 0.15) is 6.10 Å². The molecule has 1 aliphatic heterocycles. The number of piperidine rings is 1. The second kappa shape index (κ2) is 6.92. The molecule has 0 unspecified atom stereocenters. The maximum atomic E-state index is 11.9. The number of ether oxygens (including phenoxy) is 1. The van der Waals surface area contributed by atoms with Crippen LogP contribution in [0.4, 0.5) is 0 Å². The lowest BCUT2D eigenvalue weighted by molar-refractivity contribution is 0.0236. The van der Waals surface area contributed by atoms with Gasteiger partial charge in [0.15, 0.2) is 0 Å². The third-order valence-corrected chi connectivity index (χ3v) is 3.57. The lowest BCUT2D eigenvalue weighted by atomic mass is 10.1. The topological polar surface area (TPSA) is 29.5 Å². The molecular weight excluding hydrogens is 262 g/mol. The standard InChI is InChI=1S/C15H20ClNO2/c1-12(11-17-8-3-2-4-9-17)19-15(18)13-6-5-7-14(16)10-13/h5-7,10,12H,2-4,8-9,11H2,1H3/t12-/m0/s1. The van der Waals surface area contributed by atoms with Crippen molar-refractivity contribution in [2.45, 2.75) is 32.3 Å². The Bertz CT molecular complexity index is 430. The SMILES string of the molecule is C[C@@H](CN1CCCCC1)OC(=O)c1cccc(Cl)c1. The Morgan fingerprint density at radius 1 is 1.37 bits per heavy atom. The van der Waals surface area contributed by atoms with Crippen molar-refractivity contribution in [3.63, 3.8) is 0 Å². The van der Waals surface area contributed by atoms with Crippen LogP contribution in [0.25, 0.3) is 0 Å². The fourth-order valence-electron chi connectivity index (χ4n) is 2.41. The van der Waals surface area contributed by atoms with Crippen LogP contribution in [0, 0.1) is 0 Å². The smallest absolute Gasteiger partial charge is 0.338 e. The summed E-state index contributed by atoms with van der Waals surface area (Å²) in [6.45, 7) is 4.97. The molecule has 0 N–H and O–H groups in total. The molecule has 104 valence electrons. The van der Waals surface area contributed by atoms with Crippen LogP contribution < -0.4 is 0 Å². The van der Waals surface area contributed by atoms with Gasteiger partial charge in [0.05, 0.1) is 5.56 Å². The van der Waals surface area contributed by atoms with Gasteiger partial charge in [0, 0.05) is 11.6 Å². The van der Waals surface area contributed by atoms with Gasteiger partial charge in [-0.15, -0.1) is 0 Å². The molecule has 0 bridgehead atoms. The molecule has 1 fully saturated rings. The predicted octanol–water partition coefficient (Wildman–Crippen LogP) is 3.37. The predicted molar refractivity (Wildman–Crippen MR) is 76.6 cm³/mol. The minimum absolute atomic E-state index is 0.0930. The average Bonchev–Trinajstić information content (AvgIpc) is 2.39. The van der Waals surface area contributed by atoms with Crippen molar-refractivity contribution < 1.29 is 9.53 Å². The van der Waals surface area contributed by atoms with E-state index in [1.54, 1.807) is 24.3 Å². The molecule has 0 spiro atoms. The van der Waals surface area contributed by atoms with Gasteiger partial charge in [-0.2, -0.15) is 0 Å². The van der Waals surface area contributed by atoms with Crippen LogP contribution in [0.1, 0.15) is 36.5 Å². The number of hydrogen-bond acceptors (Lipinski definition) is 3. The highest BCUT2D eigenvalue weighted by Gasteiger charge is 2.17. The summed E-state index contributed by atoms with van der Waals surface area (Å²) in [5, 5.41) is 0.554. The normalized spacial score (nSPS) is 18.0. The van der Waals surface area contributed by atoms with E-state index in [0.29, 0.717) is 10.6 Å². The first-order valence-corrected chi connectivity index (χ1v) is 7.22. The lowest BCUT2D eigenvalue weighted by Crippen LogP contribution is -2.37. The van der Waals surface area contributed by atoms with Crippen molar-refractivity contribution in [3.05, 3.63) is 34.9 Å². The van der Waals surface area contributed by atoms with E-state index < -0.39 is 0 Å². The Morgan fingerprint density at radius 3 is 2.79 bits per heavy atom. The number of esters is 1. The molecule has 2 rings (SSSR count). The number of carbonyl (C=O) groups is 1. The molecular formula is C15H20ClNO2. The van der Waals surface area contributed by atoms with Crippen molar-refractivity contribution in [1.82, 2.24) is 4.90 Å². The largest absolute Gasteiger partial charge is 0.458 e. The summed E-state index contributed by atoms with van der Waals surface area (Å²) in [5.41, 5.74) is 0.512. The van der Waals surface area contributed by atoms with Gasteiger partial charge in [-0.3, -0.25) is 4.90 Å². The van der Waals surface area contributed by atoms with Crippen molar-refractivity contribution in [2.75, 3.05) is 19.6 Å². The number of rotatable bonds is 4. The Kier molecular flexibility index (Phi) is 5.23. The maximum absolute atomic E-state index is 11.9. The molecule has 1 aromatic carbocycles. The van der Waals surface area contributed by atoms with Gasteiger partial charge < -0.3 is 4.74 Å². The van der Waals surface area contributed by atoms with E-state index in [0.717, 1.165) is 19.6 Å². The quantitative estimate of drug-likeness (QED) is 0.793. The molecule has 0 amide bonds. The van der Waals surface area contributed by atoms with Crippen molar-refractivity contribution >= 4 is 17.6 Å². The Labute approximate surface area is 119 Å². The van der Waals surface area contributed by atoms with Crippen LogP contribution in [-0.2, 0) is 4.74 Å². The number of benzene rings is 1. The first-order chi connectivity index (χ1) is 9.15. The summed E-state index contributed by atoms with van der Waals surface area (Å²) in [7, 11) is 0. The highest BCUT2D eigenvalue weighted by atomic mass is 35.5. The molecule has 1 saturated heterocycles. The zero-order valence-electron chi connectivity index (χ0n) is 11.3. The number of likely N-dealkylation sites (tertiary alicyclic amines) is 1. The van der Waals surface area contributed by atoms with Gasteiger partial charge in [0.25, 0.3) is 0 Å². The van der Waals surface area contributed by atoms with E-state index in [1.807, 2.05) is 6.92 Å². The molecule has 0 radical (unpaired) electrons. The first kappa shape index (κ1) is 14.4. The van der Waals surface area contributed by atoms with Crippen LogP contribution in [-0.4, -0.2) is 36.6 Å². The van der Waals surface area contributed by atoms with Gasteiger partial charge in [-0.05, 0) is 51.1 Å².